The van der Waals surface area contributed by atoms with Crippen LogP contribution in [0, 0.1) is 26.7 Å². The maximum Gasteiger partial charge on any atom is 0.225 e. The Balaban J connectivity index is 1.26. The van der Waals surface area contributed by atoms with Gasteiger partial charge in [-0.05, 0) is 70.3 Å². The molecule has 0 saturated carbocycles. The first kappa shape index (κ1) is 26.6. The van der Waals surface area contributed by atoms with E-state index in [1.54, 1.807) is 11.3 Å². The highest BCUT2D eigenvalue weighted by atomic mass is 35.5. The minimum absolute atomic E-state index is 0.131. The van der Waals surface area contributed by atoms with E-state index >= 15 is 0 Å². The van der Waals surface area contributed by atoms with Gasteiger partial charge in [0.1, 0.15) is 16.9 Å². The lowest BCUT2D eigenvalue weighted by Crippen LogP contribution is -2.50. The van der Waals surface area contributed by atoms with Crippen molar-refractivity contribution in [3.8, 4) is 5.00 Å². The van der Waals surface area contributed by atoms with Crippen LogP contribution in [-0.4, -0.2) is 82.0 Å². The summed E-state index contributed by atoms with van der Waals surface area (Å²) in [4.78, 5) is 24.7. The number of nitrogens with zero attached hydrogens (tertiary/aromatic N) is 6. The molecule has 39 heavy (non-hydrogen) atoms. The van der Waals surface area contributed by atoms with E-state index in [1.807, 2.05) is 36.1 Å². The van der Waals surface area contributed by atoms with Crippen LogP contribution in [0.1, 0.15) is 58.5 Å². The molecule has 2 aromatic heterocycles. The number of benzene rings is 1. The third kappa shape index (κ3) is 5.29. The summed E-state index contributed by atoms with van der Waals surface area (Å²) < 4.78 is 2.11. The highest BCUT2D eigenvalue weighted by Crippen LogP contribution is 2.39. The van der Waals surface area contributed by atoms with E-state index in [9.17, 15) is 4.79 Å². The summed E-state index contributed by atoms with van der Waals surface area (Å²) in [6.07, 6.45) is 2.77. The molecule has 0 unspecified atom stereocenters. The molecule has 6 rings (SSSR count). The first-order valence-corrected chi connectivity index (χ1v) is 15.2. The number of aliphatic imine (C=N–C) groups is 1. The Morgan fingerprint density at radius 2 is 1.77 bits per heavy atom. The molecule has 0 radical (unpaired) electrons. The third-order valence-corrected chi connectivity index (χ3v) is 9.87. The number of piperazine rings is 1. The number of carbonyl (C=O) groups is 1. The van der Waals surface area contributed by atoms with E-state index in [2.05, 4.69) is 38.8 Å². The van der Waals surface area contributed by atoms with E-state index in [0.29, 0.717) is 5.02 Å². The van der Waals surface area contributed by atoms with E-state index < -0.39 is 6.04 Å². The Kier molecular flexibility index (Phi) is 7.59. The normalized spacial score (nSPS) is 20.4. The molecule has 0 aliphatic carbocycles. The van der Waals surface area contributed by atoms with Gasteiger partial charge in [0.05, 0.1) is 12.1 Å². The van der Waals surface area contributed by atoms with Crippen molar-refractivity contribution >= 4 is 34.6 Å². The number of halogens is 1. The second kappa shape index (κ2) is 11.1. The second-order valence-electron chi connectivity index (χ2n) is 11.0. The van der Waals surface area contributed by atoms with Gasteiger partial charge >= 0.3 is 0 Å². The number of aromatic nitrogens is 3. The molecule has 3 aromatic rings. The highest BCUT2D eigenvalue weighted by Gasteiger charge is 2.34. The average Bonchev–Trinajstić information content (AvgIpc) is 3.42. The van der Waals surface area contributed by atoms with Gasteiger partial charge < -0.3 is 10.2 Å². The van der Waals surface area contributed by atoms with Crippen molar-refractivity contribution in [1.82, 2.24) is 29.9 Å². The van der Waals surface area contributed by atoms with Gasteiger partial charge in [-0.25, -0.2) is 0 Å². The molecule has 206 valence electrons. The van der Waals surface area contributed by atoms with Gasteiger partial charge in [0.25, 0.3) is 0 Å². The van der Waals surface area contributed by atoms with Gasteiger partial charge in [0.15, 0.2) is 5.82 Å². The first-order valence-electron chi connectivity index (χ1n) is 14.0. The number of aryl methyl sites for hydroxylation is 2. The number of carbonyl (C=O) groups excluding carboxylic acids is 1. The largest absolute Gasteiger partial charge is 0.340 e. The Morgan fingerprint density at radius 3 is 2.49 bits per heavy atom. The number of fused-ring (bicyclic) bond motifs is 3. The predicted molar refractivity (Wildman–Crippen MR) is 157 cm³/mol. The summed E-state index contributed by atoms with van der Waals surface area (Å²) in [7, 11) is 0. The number of hydrogen-bond acceptors (Lipinski definition) is 7. The van der Waals surface area contributed by atoms with Crippen LogP contribution >= 0.6 is 22.9 Å². The minimum Gasteiger partial charge on any atom is -0.340 e. The SMILES string of the molecule is Cc1sc2c(c1C)C(c1ccc(Cl)cc1)=N[C@@H](CC(=O)N1CCN(CC3CCNCC3)CC1)c1nnc(C)n1-2. The van der Waals surface area contributed by atoms with E-state index in [0.717, 1.165) is 85.2 Å². The Hall–Kier alpha value is -2.59. The van der Waals surface area contributed by atoms with Crippen LogP contribution in [-0.2, 0) is 4.79 Å². The fourth-order valence-electron chi connectivity index (χ4n) is 6.04. The molecule has 1 aromatic carbocycles. The standard InChI is InChI=1S/C29H36ClN7OS/c1-18-19(2)39-29-26(18)27(22-4-6-23(30)7-5-22)32-24(28-34-33-20(3)37(28)29)16-25(38)36-14-12-35(13-15-36)17-21-8-10-31-11-9-21/h4-7,21,24,31H,8-17H2,1-3H3/t24-/m0/s1. The van der Waals surface area contributed by atoms with E-state index in [4.69, 9.17) is 16.6 Å². The highest BCUT2D eigenvalue weighted by molar-refractivity contribution is 7.15. The van der Waals surface area contributed by atoms with E-state index in [1.165, 1.54) is 23.3 Å². The van der Waals surface area contributed by atoms with Gasteiger partial charge in [0, 0.05) is 53.8 Å². The fourth-order valence-corrected chi connectivity index (χ4v) is 7.38. The Morgan fingerprint density at radius 1 is 1.05 bits per heavy atom. The maximum atomic E-state index is 13.7. The molecule has 5 heterocycles. The lowest BCUT2D eigenvalue weighted by Gasteiger charge is -2.37. The lowest BCUT2D eigenvalue weighted by molar-refractivity contribution is -0.133. The molecule has 2 fully saturated rings. The molecule has 10 heteroatoms. The predicted octanol–water partition coefficient (Wildman–Crippen LogP) is 4.33. The molecule has 1 atom stereocenters. The van der Waals surface area contributed by atoms with Crippen molar-refractivity contribution in [2.45, 2.75) is 46.1 Å². The molecule has 0 spiro atoms. The van der Waals surface area contributed by atoms with Crippen molar-refractivity contribution in [3.63, 3.8) is 0 Å². The zero-order valence-corrected chi connectivity index (χ0v) is 24.5. The summed E-state index contributed by atoms with van der Waals surface area (Å²) in [5.74, 6) is 2.44. The van der Waals surface area contributed by atoms with Gasteiger partial charge in [0.2, 0.25) is 5.91 Å². The molecule has 2 saturated heterocycles. The zero-order valence-electron chi connectivity index (χ0n) is 22.9. The van der Waals surface area contributed by atoms with E-state index in [-0.39, 0.29) is 12.3 Å². The number of thiophene rings is 1. The summed E-state index contributed by atoms with van der Waals surface area (Å²) in [5.41, 5.74) is 4.16. The van der Waals surface area contributed by atoms with Crippen LogP contribution < -0.4 is 5.32 Å². The topological polar surface area (TPSA) is 78.7 Å². The van der Waals surface area contributed by atoms with Crippen molar-refractivity contribution in [1.29, 1.82) is 0 Å². The summed E-state index contributed by atoms with van der Waals surface area (Å²) in [6.45, 7) is 13.0. The van der Waals surface area contributed by atoms with Gasteiger partial charge in [-0.1, -0.05) is 23.7 Å². The minimum atomic E-state index is -0.420. The molecule has 0 bridgehead atoms. The van der Waals surface area contributed by atoms with Crippen LogP contribution in [0.3, 0.4) is 0 Å². The number of rotatable bonds is 5. The summed E-state index contributed by atoms with van der Waals surface area (Å²) in [6, 6.07) is 7.39. The van der Waals surface area contributed by atoms with Crippen molar-refractivity contribution in [3.05, 3.63) is 62.5 Å². The molecular weight excluding hydrogens is 530 g/mol. The average molecular weight is 566 g/mol. The van der Waals surface area contributed by atoms with Gasteiger partial charge in [-0.2, -0.15) is 0 Å². The molecular formula is C29H36ClN7OS. The first-order chi connectivity index (χ1) is 18.9. The smallest absolute Gasteiger partial charge is 0.225 e. The summed E-state index contributed by atoms with van der Waals surface area (Å²) >= 11 is 7.95. The van der Waals surface area contributed by atoms with Crippen molar-refractivity contribution < 1.29 is 4.79 Å². The zero-order chi connectivity index (χ0) is 27.1. The molecule has 1 amide bonds. The van der Waals surface area contributed by atoms with Crippen LogP contribution in [0.5, 0.6) is 0 Å². The fraction of sp³-hybridized carbons (Fsp3) is 0.517. The molecule has 3 aliphatic rings. The summed E-state index contributed by atoms with van der Waals surface area (Å²) in [5, 5.41) is 14.2. The molecule has 3 aliphatic heterocycles. The molecule has 8 nitrogen and oxygen atoms in total. The van der Waals surface area contributed by atoms with Gasteiger partial charge in [-0.3, -0.25) is 19.3 Å². The molecule has 1 N–H and O–H groups in total. The van der Waals surface area contributed by atoms with Crippen LogP contribution in [0.2, 0.25) is 5.02 Å². The van der Waals surface area contributed by atoms with Crippen LogP contribution in [0.25, 0.3) is 5.00 Å². The van der Waals surface area contributed by atoms with Crippen LogP contribution in [0.4, 0.5) is 0 Å². The third-order valence-electron chi connectivity index (χ3n) is 8.43. The van der Waals surface area contributed by atoms with Gasteiger partial charge in [-0.15, -0.1) is 21.5 Å². The second-order valence-corrected chi connectivity index (χ2v) is 12.6. The van der Waals surface area contributed by atoms with Crippen molar-refractivity contribution in [2.24, 2.45) is 10.9 Å². The lowest BCUT2D eigenvalue weighted by atomic mass is 9.97. The van der Waals surface area contributed by atoms with Crippen LogP contribution in [0.15, 0.2) is 29.3 Å². The quantitative estimate of drug-likeness (QED) is 0.498. The number of piperidine rings is 1. The number of nitrogens with one attached hydrogen (secondary N) is 1. The van der Waals surface area contributed by atoms with Crippen molar-refractivity contribution in [2.75, 3.05) is 45.8 Å². The number of hydrogen-bond donors (Lipinski definition) is 1. The maximum absolute atomic E-state index is 13.7. The monoisotopic (exact) mass is 565 g/mol. The number of amides is 1. The Bertz CT molecular complexity index is 1380. The Labute approximate surface area is 239 Å².